The van der Waals surface area contributed by atoms with Crippen molar-refractivity contribution < 1.29 is 47.5 Å². The fourth-order valence-corrected chi connectivity index (χ4v) is 3.73. The standard InChI is InChI=1S/C22H25NO6.C7H15NO4/c1-15(21(24)29-14-27-12-11-26-2)23-22(25)28-13-20-18-9-5-3-7-16(18)17-8-4-6-10-19(17)20;1-6(8)7(9)12-5-11-4-3-10-2/h3-10,15,20H,11-14H2,1-2H3,(H,23,25);6H,3-5,8H2,1-2H3/t15-;6-/m00/s1. The Balaban J connectivity index is 0.000000415. The van der Waals surface area contributed by atoms with Crippen LogP contribution >= 0.6 is 0 Å². The second-order valence-electron chi connectivity index (χ2n) is 8.94. The number of rotatable bonds is 15. The number of hydrogen-bond acceptors (Lipinski definition) is 11. The second kappa shape index (κ2) is 18.7. The van der Waals surface area contributed by atoms with E-state index < -0.39 is 30.1 Å². The van der Waals surface area contributed by atoms with Crippen LogP contribution < -0.4 is 11.1 Å². The normalized spacial score (nSPS) is 13.1. The minimum absolute atomic E-state index is 0.0374. The van der Waals surface area contributed by atoms with Gasteiger partial charge < -0.3 is 44.2 Å². The van der Waals surface area contributed by atoms with Crippen LogP contribution in [-0.2, 0) is 42.7 Å². The van der Waals surface area contributed by atoms with Crippen molar-refractivity contribution in [2.75, 3.05) is 60.8 Å². The Morgan fingerprint density at radius 1 is 0.756 bits per heavy atom. The summed E-state index contributed by atoms with van der Waals surface area (Å²) in [6.45, 7) is 4.61. The van der Waals surface area contributed by atoms with Gasteiger partial charge >= 0.3 is 18.0 Å². The number of amides is 1. The lowest BCUT2D eigenvalue weighted by molar-refractivity contribution is -0.159. The van der Waals surface area contributed by atoms with Gasteiger partial charge in [0.05, 0.1) is 26.4 Å². The van der Waals surface area contributed by atoms with Crippen molar-refractivity contribution >= 4 is 18.0 Å². The number of carbonyl (C=O) groups excluding carboxylic acids is 3. The van der Waals surface area contributed by atoms with E-state index in [0.29, 0.717) is 26.4 Å². The van der Waals surface area contributed by atoms with E-state index in [9.17, 15) is 14.4 Å². The summed E-state index contributed by atoms with van der Waals surface area (Å²) in [6, 6.07) is 14.7. The maximum absolute atomic E-state index is 12.2. The number of hydrogen-bond donors (Lipinski definition) is 2. The molecule has 2 atom stereocenters. The third-order valence-electron chi connectivity index (χ3n) is 5.84. The number of carbonyl (C=O) groups is 3. The highest BCUT2D eigenvalue weighted by atomic mass is 16.7. The van der Waals surface area contributed by atoms with Crippen LogP contribution in [0, 0.1) is 0 Å². The van der Waals surface area contributed by atoms with Gasteiger partial charge in [0.1, 0.15) is 18.7 Å². The molecular weight excluding hydrogens is 536 g/mol. The fraction of sp³-hybridized carbons (Fsp3) is 0.483. The van der Waals surface area contributed by atoms with Gasteiger partial charge in [-0.2, -0.15) is 0 Å². The Kier molecular flexibility index (Phi) is 15.4. The first-order valence-corrected chi connectivity index (χ1v) is 13.1. The van der Waals surface area contributed by atoms with Gasteiger partial charge in [0.15, 0.2) is 13.6 Å². The van der Waals surface area contributed by atoms with E-state index in [0.717, 1.165) is 22.3 Å². The number of methoxy groups -OCH3 is 2. The summed E-state index contributed by atoms with van der Waals surface area (Å²) in [5, 5.41) is 2.49. The molecule has 1 aliphatic carbocycles. The van der Waals surface area contributed by atoms with Gasteiger partial charge in [0.2, 0.25) is 0 Å². The van der Waals surface area contributed by atoms with E-state index in [4.69, 9.17) is 34.2 Å². The van der Waals surface area contributed by atoms with E-state index in [-0.39, 0.29) is 26.1 Å². The van der Waals surface area contributed by atoms with E-state index >= 15 is 0 Å². The van der Waals surface area contributed by atoms with Crippen LogP contribution in [0.4, 0.5) is 4.79 Å². The second-order valence-corrected chi connectivity index (χ2v) is 8.94. The third kappa shape index (κ3) is 11.5. The van der Waals surface area contributed by atoms with Crippen molar-refractivity contribution in [2.24, 2.45) is 5.73 Å². The van der Waals surface area contributed by atoms with Crippen LogP contribution in [0.1, 0.15) is 30.9 Å². The molecule has 0 spiro atoms. The summed E-state index contributed by atoms with van der Waals surface area (Å²) >= 11 is 0. The first kappa shape index (κ1) is 33.7. The molecule has 41 heavy (non-hydrogen) atoms. The number of fused-ring (bicyclic) bond motifs is 3. The molecule has 1 aliphatic rings. The molecule has 0 fully saturated rings. The van der Waals surface area contributed by atoms with Crippen molar-refractivity contribution in [3.8, 4) is 11.1 Å². The summed E-state index contributed by atoms with van der Waals surface area (Å²) in [4.78, 5) is 34.8. The highest BCUT2D eigenvalue weighted by Gasteiger charge is 2.29. The molecule has 2 aromatic carbocycles. The molecule has 226 valence electrons. The molecule has 3 N–H and O–H groups in total. The molecule has 3 rings (SSSR count). The molecule has 0 aromatic heterocycles. The first-order chi connectivity index (χ1) is 19.8. The Hall–Kier alpha value is -3.55. The lowest BCUT2D eigenvalue weighted by Gasteiger charge is -2.16. The molecule has 0 radical (unpaired) electrons. The van der Waals surface area contributed by atoms with Gasteiger partial charge in [-0.05, 0) is 36.1 Å². The monoisotopic (exact) mass is 576 g/mol. The molecular formula is C29H40N2O10. The molecule has 12 heteroatoms. The summed E-state index contributed by atoms with van der Waals surface area (Å²) < 4.78 is 34.4. The van der Waals surface area contributed by atoms with Gasteiger partial charge in [0, 0.05) is 20.1 Å². The third-order valence-corrected chi connectivity index (χ3v) is 5.84. The largest absolute Gasteiger partial charge is 0.449 e. The van der Waals surface area contributed by atoms with E-state index in [2.05, 4.69) is 22.2 Å². The number of alkyl carbamates (subject to hydrolysis) is 1. The molecule has 2 aromatic rings. The predicted octanol–water partition coefficient (Wildman–Crippen LogP) is 2.57. The first-order valence-electron chi connectivity index (χ1n) is 13.1. The van der Waals surface area contributed by atoms with Gasteiger partial charge in [0.25, 0.3) is 0 Å². The summed E-state index contributed by atoms with van der Waals surface area (Å²) in [5.74, 6) is -1.10. The van der Waals surface area contributed by atoms with E-state index in [1.807, 2.05) is 36.4 Å². The van der Waals surface area contributed by atoms with Gasteiger partial charge in [-0.25, -0.2) is 9.59 Å². The zero-order valence-corrected chi connectivity index (χ0v) is 24.0. The van der Waals surface area contributed by atoms with Crippen LogP contribution in [0.15, 0.2) is 48.5 Å². The smallest absolute Gasteiger partial charge is 0.407 e. The van der Waals surface area contributed by atoms with Gasteiger partial charge in [-0.1, -0.05) is 48.5 Å². The van der Waals surface area contributed by atoms with Crippen molar-refractivity contribution in [2.45, 2.75) is 31.8 Å². The molecule has 0 bridgehead atoms. The number of ether oxygens (including phenoxy) is 7. The number of benzene rings is 2. The van der Waals surface area contributed by atoms with Crippen LogP contribution in [0.25, 0.3) is 11.1 Å². The van der Waals surface area contributed by atoms with Crippen LogP contribution in [0.2, 0.25) is 0 Å². The van der Waals surface area contributed by atoms with E-state index in [1.165, 1.54) is 6.92 Å². The van der Waals surface area contributed by atoms with Crippen molar-refractivity contribution in [3.63, 3.8) is 0 Å². The van der Waals surface area contributed by atoms with E-state index in [1.54, 1.807) is 21.1 Å². The summed E-state index contributed by atoms with van der Waals surface area (Å²) in [5.41, 5.74) is 9.79. The Morgan fingerprint density at radius 3 is 1.73 bits per heavy atom. The van der Waals surface area contributed by atoms with Crippen LogP contribution in [0.5, 0.6) is 0 Å². The number of esters is 2. The van der Waals surface area contributed by atoms with Crippen molar-refractivity contribution in [3.05, 3.63) is 59.7 Å². The average Bonchev–Trinajstić information content (AvgIpc) is 3.29. The quantitative estimate of drug-likeness (QED) is 0.139. The zero-order chi connectivity index (χ0) is 30.0. The Bertz CT molecular complexity index is 1050. The molecule has 0 saturated carbocycles. The number of nitrogens with two attached hydrogens (primary N) is 1. The van der Waals surface area contributed by atoms with Crippen molar-refractivity contribution in [1.29, 1.82) is 0 Å². The molecule has 0 saturated heterocycles. The Labute approximate surface area is 240 Å². The topological polar surface area (TPSA) is 154 Å². The minimum Gasteiger partial charge on any atom is -0.449 e. The molecule has 0 unspecified atom stereocenters. The minimum atomic E-state index is -0.850. The van der Waals surface area contributed by atoms with Crippen LogP contribution in [-0.4, -0.2) is 91.0 Å². The molecule has 0 heterocycles. The molecule has 1 amide bonds. The lowest BCUT2D eigenvalue weighted by atomic mass is 9.98. The number of nitrogens with one attached hydrogen (secondary N) is 1. The Morgan fingerprint density at radius 2 is 1.24 bits per heavy atom. The fourth-order valence-electron chi connectivity index (χ4n) is 3.73. The maximum Gasteiger partial charge on any atom is 0.407 e. The molecule has 0 aliphatic heterocycles. The van der Waals surface area contributed by atoms with Crippen LogP contribution in [0.3, 0.4) is 0 Å². The van der Waals surface area contributed by atoms with Gasteiger partial charge in [-0.3, -0.25) is 4.79 Å². The maximum atomic E-state index is 12.2. The lowest BCUT2D eigenvalue weighted by Crippen LogP contribution is -2.40. The van der Waals surface area contributed by atoms with Crippen molar-refractivity contribution in [1.82, 2.24) is 5.32 Å². The highest BCUT2D eigenvalue weighted by molar-refractivity contribution is 5.81. The average molecular weight is 577 g/mol. The summed E-state index contributed by atoms with van der Waals surface area (Å²) in [7, 11) is 3.12. The molecule has 12 nitrogen and oxygen atoms in total. The summed E-state index contributed by atoms with van der Waals surface area (Å²) in [6.07, 6.45) is -0.670. The zero-order valence-electron chi connectivity index (χ0n) is 24.0. The SMILES string of the molecule is COCCOCOC(=O)[C@H](C)N.COCCOCOC(=O)[C@H](C)NC(=O)OCC1c2ccccc2-c2ccccc21. The predicted molar refractivity (Wildman–Crippen MR) is 149 cm³/mol. The van der Waals surface area contributed by atoms with Gasteiger partial charge in [-0.15, -0.1) is 0 Å². The highest BCUT2D eigenvalue weighted by Crippen LogP contribution is 2.44.